The van der Waals surface area contributed by atoms with Crippen LogP contribution in [0.4, 0.5) is 22.7 Å². The Morgan fingerprint density at radius 3 is 1.78 bits per heavy atom. The van der Waals surface area contributed by atoms with Gasteiger partial charge in [-0.2, -0.15) is 0 Å². The summed E-state index contributed by atoms with van der Waals surface area (Å²) < 4.78 is 5.17. The maximum Gasteiger partial charge on any atom is 0.119 e. The highest BCUT2D eigenvalue weighted by Gasteiger charge is 2.03. The fourth-order valence-corrected chi connectivity index (χ4v) is 2.41. The molecule has 0 heterocycles. The monoisotopic (exact) mass is 304 g/mol. The van der Waals surface area contributed by atoms with Crippen molar-refractivity contribution >= 4 is 22.7 Å². The molecule has 3 rings (SSSR count). The van der Waals surface area contributed by atoms with Crippen LogP contribution in [0.3, 0.4) is 0 Å². The Hall–Kier alpha value is -2.94. The van der Waals surface area contributed by atoms with Crippen molar-refractivity contribution in [2.24, 2.45) is 0 Å². The first kappa shape index (κ1) is 15.0. The normalized spacial score (nSPS) is 10.2. The Morgan fingerprint density at radius 2 is 1.22 bits per heavy atom. The van der Waals surface area contributed by atoms with Crippen LogP contribution < -0.4 is 15.0 Å². The van der Waals surface area contributed by atoms with E-state index in [1.165, 1.54) is 5.69 Å². The highest BCUT2D eigenvalue weighted by atomic mass is 16.5. The van der Waals surface area contributed by atoms with E-state index in [-0.39, 0.29) is 0 Å². The number of hydrogen-bond donors (Lipinski definition) is 1. The number of hydrogen-bond acceptors (Lipinski definition) is 3. The zero-order valence-corrected chi connectivity index (χ0v) is 13.4. The highest BCUT2D eigenvalue weighted by molar-refractivity contribution is 5.67. The molecule has 0 aliphatic rings. The Bertz CT molecular complexity index is 737. The molecule has 0 fully saturated rings. The molecule has 0 aromatic heterocycles. The second-order valence-corrected chi connectivity index (χ2v) is 5.29. The zero-order chi connectivity index (χ0) is 16.1. The number of nitrogens with one attached hydrogen (secondary N) is 1. The molecule has 1 N–H and O–H groups in total. The topological polar surface area (TPSA) is 24.5 Å². The second kappa shape index (κ2) is 6.88. The molecule has 0 saturated heterocycles. The molecule has 23 heavy (non-hydrogen) atoms. The fraction of sp³-hybridized carbons (Fsp3) is 0.100. The number of methoxy groups -OCH3 is 1. The van der Waals surface area contributed by atoms with Gasteiger partial charge in [0.05, 0.1) is 7.11 Å². The van der Waals surface area contributed by atoms with Crippen LogP contribution in [0.25, 0.3) is 0 Å². The molecule has 0 atom stereocenters. The molecule has 0 radical (unpaired) electrons. The van der Waals surface area contributed by atoms with Crippen molar-refractivity contribution < 1.29 is 4.74 Å². The molecular weight excluding hydrogens is 284 g/mol. The van der Waals surface area contributed by atoms with Crippen molar-refractivity contribution in [2.45, 2.75) is 0 Å². The first-order valence-electron chi connectivity index (χ1n) is 7.56. The smallest absolute Gasteiger partial charge is 0.119 e. The standard InChI is InChI=1S/C20H20N2O/c1-22(18-6-4-3-5-7-18)19-12-8-16(9-13-19)21-17-10-14-20(23-2)15-11-17/h3-15,21H,1-2H3. The van der Waals surface area contributed by atoms with Crippen molar-refractivity contribution in [1.29, 1.82) is 0 Å². The Kier molecular flexibility index (Phi) is 4.48. The lowest BCUT2D eigenvalue weighted by molar-refractivity contribution is 0.415. The molecule has 0 aliphatic heterocycles. The quantitative estimate of drug-likeness (QED) is 0.700. The molecule has 0 spiro atoms. The molecule has 0 amide bonds. The van der Waals surface area contributed by atoms with Crippen LogP contribution >= 0.6 is 0 Å². The first-order valence-corrected chi connectivity index (χ1v) is 7.56. The molecule has 0 bridgehead atoms. The van der Waals surface area contributed by atoms with Crippen LogP contribution in [-0.4, -0.2) is 14.2 Å². The lowest BCUT2D eigenvalue weighted by Crippen LogP contribution is -2.08. The summed E-state index contributed by atoms with van der Waals surface area (Å²) in [5.41, 5.74) is 4.41. The average Bonchev–Trinajstić information content (AvgIpc) is 2.63. The maximum absolute atomic E-state index is 5.17. The molecule has 3 aromatic carbocycles. The lowest BCUT2D eigenvalue weighted by atomic mass is 10.2. The molecule has 3 heteroatoms. The van der Waals surface area contributed by atoms with E-state index in [1.54, 1.807) is 7.11 Å². The summed E-state index contributed by atoms with van der Waals surface area (Å²) >= 11 is 0. The largest absolute Gasteiger partial charge is 0.497 e. The zero-order valence-electron chi connectivity index (χ0n) is 13.4. The van der Waals surface area contributed by atoms with Gasteiger partial charge < -0.3 is 15.0 Å². The van der Waals surface area contributed by atoms with Crippen molar-refractivity contribution in [3.05, 3.63) is 78.9 Å². The van der Waals surface area contributed by atoms with Crippen molar-refractivity contribution in [3.8, 4) is 5.75 Å². The van der Waals surface area contributed by atoms with Crippen LogP contribution in [0.5, 0.6) is 5.75 Å². The summed E-state index contributed by atoms with van der Waals surface area (Å²) in [6.07, 6.45) is 0. The SMILES string of the molecule is COc1ccc(Nc2ccc(N(C)c3ccccc3)cc2)cc1. The number of benzene rings is 3. The van der Waals surface area contributed by atoms with E-state index in [0.717, 1.165) is 22.8 Å². The van der Waals surface area contributed by atoms with Gasteiger partial charge in [0.2, 0.25) is 0 Å². The molecule has 3 nitrogen and oxygen atoms in total. The molecule has 116 valence electrons. The minimum absolute atomic E-state index is 0.857. The number of ether oxygens (including phenoxy) is 1. The molecule has 3 aromatic rings. The summed E-state index contributed by atoms with van der Waals surface area (Å²) in [6.45, 7) is 0. The minimum atomic E-state index is 0.857. The van der Waals surface area contributed by atoms with Crippen LogP contribution in [0.15, 0.2) is 78.9 Å². The van der Waals surface area contributed by atoms with E-state index in [9.17, 15) is 0 Å². The van der Waals surface area contributed by atoms with E-state index in [2.05, 4.69) is 53.7 Å². The van der Waals surface area contributed by atoms with Gasteiger partial charge in [0.15, 0.2) is 0 Å². The summed E-state index contributed by atoms with van der Waals surface area (Å²) in [6, 6.07) is 26.6. The number of anilines is 4. The van der Waals surface area contributed by atoms with Crippen molar-refractivity contribution in [3.63, 3.8) is 0 Å². The van der Waals surface area contributed by atoms with Crippen molar-refractivity contribution in [2.75, 3.05) is 24.4 Å². The van der Waals surface area contributed by atoms with Gasteiger partial charge in [0.25, 0.3) is 0 Å². The Morgan fingerprint density at radius 1 is 0.696 bits per heavy atom. The summed E-state index contributed by atoms with van der Waals surface area (Å²) in [5.74, 6) is 0.857. The minimum Gasteiger partial charge on any atom is -0.497 e. The average molecular weight is 304 g/mol. The molecule has 0 aliphatic carbocycles. The first-order chi connectivity index (χ1) is 11.3. The summed E-state index contributed by atoms with van der Waals surface area (Å²) in [4.78, 5) is 2.16. The molecule has 0 saturated carbocycles. The van der Waals surface area contributed by atoms with E-state index < -0.39 is 0 Å². The third-order valence-corrected chi connectivity index (χ3v) is 3.78. The number of para-hydroxylation sites is 1. The Balaban J connectivity index is 1.71. The third-order valence-electron chi connectivity index (χ3n) is 3.78. The molecule has 0 unspecified atom stereocenters. The van der Waals surface area contributed by atoms with Crippen LogP contribution in [0.2, 0.25) is 0 Å². The highest BCUT2D eigenvalue weighted by Crippen LogP contribution is 2.26. The predicted octanol–water partition coefficient (Wildman–Crippen LogP) is 5.21. The van der Waals surface area contributed by atoms with Gasteiger partial charge in [-0.05, 0) is 60.7 Å². The Labute approximate surface area is 137 Å². The maximum atomic E-state index is 5.17. The summed E-state index contributed by atoms with van der Waals surface area (Å²) in [5, 5.41) is 3.39. The van der Waals surface area contributed by atoms with Gasteiger partial charge >= 0.3 is 0 Å². The summed E-state index contributed by atoms with van der Waals surface area (Å²) in [7, 11) is 3.74. The van der Waals surface area contributed by atoms with Gasteiger partial charge in [-0.1, -0.05) is 18.2 Å². The van der Waals surface area contributed by atoms with Gasteiger partial charge in [-0.3, -0.25) is 0 Å². The van der Waals surface area contributed by atoms with E-state index in [4.69, 9.17) is 4.74 Å². The van der Waals surface area contributed by atoms with E-state index >= 15 is 0 Å². The van der Waals surface area contributed by atoms with Crippen LogP contribution in [0, 0.1) is 0 Å². The van der Waals surface area contributed by atoms with Crippen LogP contribution in [-0.2, 0) is 0 Å². The fourth-order valence-electron chi connectivity index (χ4n) is 2.41. The second-order valence-electron chi connectivity index (χ2n) is 5.29. The van der Waals surface area contributed by atoms with Crippen molar-refractivity contribution in [1.82, 2.24) is 0 Å². The van der Waals surface area contributed by atoms with Gasteiger partial charge in [-0.15, -0.1) is 0 Å². The van der Waals surface area contributed by atoms with E-state index in [1.807, 2.05) is 42.5 Å². The van der Waals surface area contributed by atoms with Gasteiger partial charge in [0.1, 0.15) is 5.75 Å². The van der Waals surface area contributed by atoms with Gasteiger partial charge in [0, 0.05) is 29.8 Å². The number of rotatable bonds is 5. The van der Waals surface area contributed by atoms with Crippen LogP contribution in [0.1, 0.15) is 0 Å². The van der Waals surface area contributed by atoms with Gasteiger partial charge in [-0.25, -0.2) is 0 Å². The van der Waals surface area contributed by atoms with E-state index in [0.29, 0.717) is 0 Å². The third kappa shape index (κ3) is 3.64. The number of nitrogens with zero attached hydrogens (tertiary/aromatic N) is 1. The lowest BCUT2D eigenvalue weighted by Gasteiger charge is -2.20. The predicted molar refractivity (Wildman–Crippen MR) is 97.2 cm³/mol. The molecular formula is C20H20N2O.